The minimum absolute atomic E-state index is 0.0355. The van der Waals surface area contributed by atoms with E-state index in [4.69, 9.17) is 16.2 Å². The summed E-state index contributed by atoms with van der Waals surface area (Å²) in [6, 6.07) is 3.37. The highest BCUT2D eigenvalue weighted by molar-refractivity contribution is 5.96. The molecule has 0 aromatic heterocycles. The van der Waals surface area contributed by atoms with Gasteiger partial charge >= 0.3 is 0 Å². The van der Waals surface area contributed by atoms with E-state index >= 15 is 0 Å². The Balaban J connectivity index is 2.24. The molecule has 4 N–H and O–H groups in total. The molecular formula is C12H17N3O2. The normalized spacial score (nSPS) is 15.9. The van der Waals surface area contributed by atoms with Crippen LogP contribution in [0.15, 0.2) is 12.1 Å². The summed E-state index contributed by atoms with van der Waals surface area (Å²) in [7, 11) is 0. The van der Waals surface area contributed by atoms with Gasteiger partial charge in [-0.25, -0.2) is 0 Å². The second kappa shape index (κ2) is 4.63. The zero-order valence-electron chi connectivity index (χ0n) is 9.90. The molecule has 5 heteroatoms. The highest BCUT2D eigenvalue weighted by atomic mass is 16.5. The molecule has 92 valence electrons. The van der Waals surface area contributed by atoms with Crippen molar-refractivity contribution >= 4 is 17.3 Å². The first kappa shape index (κ1) is 11.7. The van der Waals surface area contributed by atoms with Crippen LogP contribution in [0.2, 0.25) is 0 Å². The number of hydrogen-bond donors (Lipinski definition) is 2. The maximum absolute atomic E-state index is 12.2. The van der Waals surface area contributed by atoms with Gasteiger partial charge in [-0.2, -0.15) is 0 Å². The van der Waals surface area contributed by atoms with Crippen LogP contribution in [0.5, 0.6) is 0 Å². The molecule has 17 heavy (non-hydrogen) atoms. The lowest BCUT2D eigenvalue weighted by Gasteiger charge is -2.27. The van der Waals surface area contributed by atoms with Crippen LogP contribution < -0.4 is 11.5 Å². The number of nitrogen functional groups attached to an aromatic ring is 2. The minimum Gasteiger partial charge on any atom is -0.398 e. The highest BCUT2D eigenvalue weighted by Gasteiger charge is 2.19. The topological polar surface area (TPSA) is 81.6 Å². The van der Waals surface area contributed by atoms with Crippen LogP contribution in [-0.2, 0) is 4.74 Å². The van der Waals surface area contributed by atoms with Crippen LogP contribution in [0.4, 0.5) is 11.4 Å². The number of anilines is 2. The summed E-state index contributed by atoms with van der Waals surface area (Å²) in [6.07, 6.45) is 0. The fraction of sp³-hybridized carbons (Fsp3) is 0.417. The molecule has 1 aromatic carbocycles. The second-order valence-electron chi connectivity index (χ2n) is 4.18. The van der Waals surface area contributed by atoms with Crippen LogP contribution in [-0.4, -0.2) is 37.1 Å². The smallest absolute Gasteiger partial charge is 0.254 e. The van der Waals surface area contributed by atoms with Gasteiger partial charge in [-0.3, -0.25) is 4.79 Å². The van der Waals surface area contributed by atoms with Gasteiger partial charge in [0.05, 0.1) is 13.2 Å². The molecule has 0 radical (unpaired) electrons. The number of ether oxygens (including phenoxy) is 1. The van der Waals surface area contributed by atoms with Gasteiger partial charge in [0.1, 0.15) is 0 Å². The van der Waals surface area contributed by atoms with Gasteiger partial charge in [-0.05, 0) is 24.6 Å². The van der Waals surface area contributed by atoms with E-state index in [0.717, 1.165) is 5.56 Å². The molecule has 2 rings (SSSR count). The highest BCUT2D eigenvalue weighted by Crippen LogP contribution is 2.22. The number of carbonyl (C=O) groups excluding carboxylic acids is 1. The summed E-state index contributed by atoms with van der Waals surface area (Å²) < 4.78 is 5.21. The van der Waals surface area contributed by atoms with Gasteiger partial charge in [0, 0.05) is 30.0 Å². The standard InChI is InChI=1S/C12H17N3O2/c1-8-10(13)6-9(7-11(8)14)12(16)15-2-4-17-5-3-15/h6-7H,2-5,13-14H2,1H3. The van der Waals surface area contributed by atoms with E-state index in [0.29, 0.717) is 43.2 Å². The first-order valence-corrected chi connectivity index (χ1v) is 5.62. The van der Waals surface area contributed by atoms with Crippen molar-refractivity contribution in [2.45, 2.75) is 6.92 Å². The maximum Gasteiger partial charge on any atom is 0.254 e. The van der Waals surface area contributed by atoms with Crippen molar-refractivity contribution in [1.82, 2.24) is 4.90 Å². The van der Waals surface area contributed by atoms with E-state index in [2.05, 4.69) is 0 Å². The molecule has 0 bridgehead atoms. The Labute approximate surface area is 100 Å². The van der Waals surface area contributed by atoms with Crippen LogP contribution in [0.3, 0.4) is 0 Å². The monoisotopic (exact) mass is 235 g/mol. The summed E-state index contributed by atoms with van der Waals surface area (Å²) in [6.45, 7) is 4.25. The number of rotatable bonds is 1. The van der Waals surface area contributed by atoms with Crippen molar-refractivity contribution in [3.8, 4) is 0 Å². The third kappa shape index (κ3) is 2.34. The Morgan fingerprint density at radius 1 is 1.24 bits per heavy atom. The van der Waals surface area contributed by atoms with Crippen LogP contribution >= 0.6 is 0 Å². The summed E-state index contributed by atoms with van der Waals surface area (Å²) in [5, 5.41) is 0. The molecule has 0 spiro atoms. The molecule has 1 heterocycles. The van der Waals surface area contributed by atoms with Crippen molar-refractivity contribution < 1.29 is 9.53 Å². The molecule has 1 aliphatic heterocycles. The predicted molar refractivity (Wildman–Crippen MR) is 66.7 cm³/mol. The maximum atomic E-state index is 12.2. The molecule has 0 aliphatic carbocycles. The van der Waals surface area contributed by atoms with Crippen LogP contribution in [0, 0.1) is 6.92 Å². The summed E-state index contributed by atoms with van der Waals surface area (Å²) in [4.78, 5) is 13.9. The summed E-state index contributed by atoms with van der Waals surface area (Å²) >= 11 is 0. The van der Waals surface area contributed by atoms with E-state index in [1.54, 1.807) is 17.0 Å². The zero-order chi connectivity index (χ0) is 12.4. The predicted octanol–water partition coefficient (Wildman–Crippen LogP) is 0.632. The van der Waals surface area contributed by atoms with Crippen molar-refractivity contribution in [1.29, 1.82) is 0 Å². The molecule has 0 atom stereocenters. The lowest BCUT2D eigenvalue weighted by Crippen LogP contribution is -2.40. The van der Waals surface area contributed by atoms with E-state index in [-0.39, 0.29) is 5.91 Å². The van der Waals surface area contributed by atoms with E-state index in [9.17, 15) is 4.79 Å². The second-order valence-corrected chi connectivity index (χ2v) is 4.18. The number of nitrogens with two attached hydrogens (primary N) is 2. The number of hydrogen-bond acceptors (Lipinski definition) is 4. The van der Waals surface area contributed by atoms with Gasteiger partial charge in [0.15, 0.2) is 0 Å². The number of nitrogens with zero attached hydrogens (tertiary/aromatic N) is 1. The van der Waals surface area contributed by atoms with E-state index in [1.165, 1.54) is 0 Å². The quantitative estimate of drug-likeness (QED) is 0.699. The fourth-order valence-electron chi connectivity index (χ4n) is 1.83. The molecule has 0 saturated carbocycles. The Bertz CT molecular complexity index is 416. The molecule has 0 unspecified atom stereocenters. The summed E-state index contributed by atoms with van der Waals surface area (Å²) in [5.74, 6) is -0.0355. The minimum atomic E-state index is -0.0355. The third-order valence-electron chi connectivity index (χ3n) is 3.03. The number of benzene rings is 1. The first-order chi connectivity index (χ1) is 8.09. The molecule has 1 aromatic rings. The van der Waals surface area contributed by atoms with Gasteiger partial charge in [-0.1, -0.05) is 0 Å². The van der Waals surface area contributed by atoms with Gasteiger partial charge in [0.2, 0.25) is 0 Å². The molecule has 1 saturated heterocycles. The van der Waals surface area contributed by atoms with Gasteiger partial charge in [0.25, 0.3) is 5.91 Å². The Kier molecular flexibility index (Phi) is 3.19. The average molecular weight is 235 g/mol. The number of amides is 1. The van der Waals surface area contributed by atoms with E-state index < -0.39 is 0 Å². The lowest BCUT2D eigenvalue weighted by atomic mass is 10.1. The molecule has 1 fully saturated rings. The molecule has 5 nitrogen and oxygen atoms in total. The largest absolute Gasteiger partial charge is 0.398 e. The summed E-state index contributed by atoms with van der Waals surface area (Å²) in [5.41, 5.74) is 14.1. The lowest BCUT2D eigenvalue weighted by molar-refractivity contribution is 0.0303. The van der Waals surface area contributed by atoms with E-state index in [1.807, 2.05) is 6.92 Å². The third-order valence-corrected chi connectivity index (χ3v) is 3.03. The van der Waals surface area contributed by atoms with Crippen molar-refractivity contribution in [3.05, 3.63) is 23.3 Å². The Morgan fingerprint density at radius 3 is 2.29 bits per heavy atom. The number of morpholine rings is 1. The molecule has 1 aliphatic rings. The van der Waals surface area contributed by atoms with Crippen molar-refractivity contribution in [2.75, 3.05) is 37.8 Å². The van der Waals surface area contributed by atoms with Gasteiger partial charge < -0.3 is 21.1 Å². The number of carbonyl (C=O) groups is 1. The Hall–Kier alpha value is -1.75. The fourth-order valence-corrected chi connectivity index (χ4v) is 1.83. The van der Waals surface area contributed by atoms with Crippen LogP contribution in [0.1, 0.15) is 15.9 Å². The zero-order valence-corrected chi connectivity index (χ0v) is 9.90. The Morgan fingerprint density at radius 2 is 1.76 bits per heavy atom. The molecule has 1 amide bonds. The average Bonchev–Trinajstić information content (AvgIpc) is 2.35. The van der Waals surface area contributed by atoms with Crippen molar-refractivity contribution in [2.24, 2.45) is 0 Å². The molecular weight excluding hydrogens is 218 g/mol. The first-order valence-electron chi connectivity index (χ1n) is 5.62. The van der Waals surface area contributed by atoms with Crippen molar-refractivity contribution in [3.63, 3.8) is 0 Å². The SMILES string of the molecule is Cc1c(N)cc(C(=O)N2CCOCC2)cc1N. The van der Waals surface area contributed by atoms with Gasteiger partial charge in [-0.15, -0.1) is 0 Å². The van der Waals surface area contributed by atoms with Crippen LogP contribution in [0.25, 0.3) is 0 Å².